The molecule has 135 valence electrons. The number of benzene rings is 1. The van der Waals surface area contributed by atoms with E-state index in [1.165, 1.54) is 24.3 Å². The minimum Gasteiger partial charge on any atom is -0.693 e. The molecular weight excluding hydrogens is 416 g/mol. The first-order valence-electron chi connectivity index (χ1n) is 7.51. The maximum atomic E-state index is 13.1. The third kappa shape index (κ3) is 5.74. The molecule has 0 saturated heterocycles. The van der Waals surface area contributed by atoms with Crippen LogP contribution in [0.2, 0.25) is 0 Å². The molecule has 0 aliphatic heterocycles. The maximum Gasteiger partial charge on any atom is 0.240 e. The molecule has 9 heteroatoms. The molecule has 1 aromatic carbocycles. The third-order valence-electron chi connectivity index (χ3n) is 3.40. The molecule has 0 aliphatic carbocycles. The fourth-order valence-electron chi connectivity index (χ4n) is 2.34. The van der Waals surface area contributed by atoms with Crippen LogP contribution in [-0.2, 0) is 44.0 Å². The van der Waals surface area contributed by atoms with Gasteiger partial charge in [0.05, 0.1) is 5.76 Å². The number of hydrogen-bond acceptors (Lipinski definition) is 4. The summed E-state index contributed by atoms with van der Waals surface area (Å²) in [6, 6.07) is 4.94. The van der Waals surface area contributed by atoms with Crippen molar-refractivity contribution in [3.05, 3.63) is 64.7 Å². The van der Waals surface area contributed by atoms with E-state index in [1.54, 1.807) is 6.92 Å². The first kappa shape index (κ1) is 22.0. The summed E-state index contributed by atoms with van der Waals surface area (Å²) in [5, 5.41) is 11.8. The van der Waals surface area contributed by atoms with Gasteiger partial charge in [-0.05, 0) is 31.2 Å². The number of carbonyl (C=O) groups excluding carboxylic acids is 1. The van der Waals surface area contributed by atoms with Crippen LogP contribution >= 0.6 is 0 Å². The Morgan fingerprint density at radius 3 is 2.62 bits per heavy atom. The summed E-state index contributed by atoms with van der Waals surface area (Å²) in [6.07, 6.45) is 1.27. The van der Waals surface area contributed by atoms with E-state index in [0.29, 0.717) is 5.56 Å². The molecule has 0 bridgehead atoms. The third-order valence-corrected chi connectivity index (χ3v) is 3.40. The number of carbonyl (C=O) groups is 1. The molecule has 1 radical (unpaired) electrons. The monoisotopic (exact) mass is 434 g/mol. The Bertz CT molecular complexity index is 852. The fourth-order valence-corrected chi connectivity index (χ4v) is 2.34. The molecule has 26 heavy (non-hydrogen) atoms. The molecule has 1 heterocycles. The Kier molecular flexibility index (Phi) is 8.11. The van der Waals surface area contributed by atoms with Crippen molar-refractivity contribution in [3.8, 4) is 11.4 Å². The second-order valence-electron chi connectivity index (χ2n) is 5.63. The minimum atomic E-state index is -0.677. The van der Waals surface area contributed by atoms with Crippen molar-refractivity contribution in [1.82, 2.24) is 14.9 Å². The summed E-state index contributed by atoms with van der Waals surface area (Å²) in [6.45, 7) is 4.69. The van der Waals surface area contributed by atoms with Gasteiger partial charge in [-0.2, -0.15) is 0 Å². The number of halogens is 1. The molecule has 0 spiro atoms. The van der Waals surface area contributed by atoms with Crippen molar-refractivity contribution in [1.29, 1.82) is 0 Å². The first-order valence-corrected chi connectivity index (χ1v) is 7.51. The van der Waals surface area contributed by atoms with Crippen molar-refractivity contribution in [2.45, 2.75) is 25.9 Å². The van der Waals surface area contributed by atoms with Crippen molar-refractivity contribution in [2.75, 3.05) is 0 Å². The van der Waals surface area contributed by atoms with Gasteiger partial charge in [0.2, 0.25) is 11.5 Å². The van der Waals surface area contributed by atoms with Crippen molar-refractivity contribution < 1.29 is 47.0 Å². The predicted molar refractivity (Wildman–Crippen MR) is 91.9 cm³/mol. The summed E-state index contributed by atoms with van der Waals surface area (Å²) in [7, 11) is 0. The molecular formula is C17H18FN4O3Y-. The topological polar surface area (TPSA) is 108 Å². The average molecular weight is 434 g/mol. The van der Waals surface area contributed by atoms with E-state index in [-0.39, 0.29) is 69.0 Å². The molecule has 1 amide bonds. The average Bonchev–Trinajstić information content (AvgIpc) is 2.52. The zero-order valence-corrected chi connectivity index (χ0v) is 17.0. The number of nitrogens with one attached hydrogen (secondary N) is 2. The predicted octanol–water partition coefficient (Wildman–Crippen LogP) is 2.70. The standard InChI is InChI=1S/C17H18FN4O3.Y/c1-10(7-11(2)23)21-15(24)9-22-16(20-8-14(19)17(22)25)12-3-5-13(18)6-4-12;/h3-6,8,10,19,23H,2,7,9H2,1H3,(H,21,24);/q-1;/t10-;/m1./s1. The fraction of sp³-hybridized carbons (Fsp3) is 0.235. The molecule has 7 nitrogen and oxygen atoms in total. The zero-order chi connectivity index (χ0) is 18.6. The summed E-state index contributed by atoms with van der Waals surface area (Å²) in [5.74, 6) is -0.820. The minimum absolute atomic E-state index is 0. The molecule has 0 unspecified atom stereocenters. The molecule has 2 rings (SSSR count). The van der Waals surface area contributed by atoms with Gasteiger partial charge in [-0.1, -0.05) is 12.3 Å². The molecule has 0 aliphatic rings. The SMILES string of the molecule is C=C(O)C[C@@H](C)NC(=O)Cn1c(-c2ccc(F)cc2)ncc([NH-])c1=O.[Y]. The first-order chi connectivity index (χ1) is 11.8. The van der Waals surface area contributed by atoms with E-state index in [2.05, 4.69) is 16.9 Å². The van der Waals surface area contributed by atoms with E-state index in [4.69, 9.17) is 10.8 Å². The molecule has 2 aromatic rings. The Morgan fingerprint density at radius 2 is 2.04 bits per heavy atom. The summed E-state index contributed by atoms with van der Waals surface area (Å²) in [4.78, 5) is 28.5. The van der Waals surface area contributed by atoms with E-state index >= 15 is 0 Å². The van der Waals surface area contributed by atoms with Gasteiger partial charge in [-0.25, -0.2) is 9.37 Å². The summed E-state index contributed by atoms with van der Waals surface area (Å²) >= 11 is 0. The van der Waals surface area contributed by atoms with Crippen LogP contribution in [0.25, 0.3) is 17.1 Å². The van der Waals surface area contributed by atoms with Crippen LogP contribution in [0.15, 0.2) is 47.6 Å². The largest absolute Gasteiger partial charge is 0.693 e. The Balaban J connectivity index is 0.00000338. The Hall–Kier alpha value is -2.06. The second-order valence-corrected chi connectivity index (χ2v) is 5.63. The number of rotatable bonds is 6. The van der Waals surface area contributed by atoms with Gasteiger partial charge in [0, 0.05) is 56.9 Å². The van der Waals surface area contributed by atoms with Crippen molar-refractivity contribution >= 4 is 11.6 Å². The van der Waals surface area contributed by atoms with Crippen molar-refractivity contribution in [2.24, 2.45) is 0 Å². The second kappa shape index (κ2) is 9.59. The van der Waals surface area contributed by atoms with Crippen LogP contribution in [0.5, 0.6) is 0 Å². The van der Waals surface area contributed by atoms with E-state index in [9.17, 15) is 14.0 Å². The maximum absolute atomic E-state index is 13.1. The van der Waals surface area contributed by atoms with Crippen LogP contribution in [0.1, 0.15) is 13.3 Å². The molecule has 0 fully saturated rings. The van der Waals surface area contributed by atoms with E-state index < -0.39 is 17.3 Å². The normalized spacial score (nSPS) is 11.3. The molecule has 0 saturated carbocycles. The van der Waals surface area contributed by atoms with Gasteiger partial charge in [-0.15, -0.1) is 0 Å². The van der Waals surface area contributed by atoms with Gasteiger partial charge < -0.3 is 16.2 Å². The van der Waals surface area contributed by atoms with Gasteiger partial charge in [0.25, 0.3) is 0 Å². The summed E-state index contributed by atoms with van der Waals surface area (Å²) in [5.41, 5.74) is 7.02. The van der Waals surface area contributed by atoms with Crippen LogP contribution in [0, 0.1) is 5.82 Å². The zero-order valence-electron chi connectivity index (χ0n) is 14.2. The molecule has 1 aromatic heterocycles. The Labute approximate surface area is 175 Å². The van der Waals surface area contributed by atoms with E-state index in [0.717, 1.165) is 10.8 Å². The Morgan fingerprint density at radius 1 is 1.42 bits per heavy atom. The number of amides is 1. The van der Waals surface area contributed by atoms with Gasteiger partial charge in [0.15, 0.2) is 0 Å². The quantitative estimate of drug-likeness (QED) is 0.682. The molecule has 1 atom stereocenters. The number of aromatic nitrogens is 2. The van der Waals surface area contributed by atoms with Gasteiger partial charge in [-0.3, -0.25) is 14.2 Å². The number of aliphatic hydroxyl groups excluding tert-OH is 1. The molecule has 3 N–H and O–H groups in total. The number of hydrogen-bond donors (Lipinski definition) is 2. The smallest absolute Gasteiger partial charge is 0.240 e. The van der Waals surface area contributed by atoms with Gasteiger partial charge >= 0.3 is 0 Å². The van der Waals surface area contributed by atoms with Crippen LogP contribution < -0.4 is 10.9 Å². The van der Waals surface area contributed by atoms with Crippen LogP contribution in [0.3, 0.4) is 0 Å². The van der Waals surface area contributed by atoms with E-state index in [1.807, 2.05) is 0 Å². The summed E-state index contributed by atoms with van der Waals surface area (Å²) < 4.78 is 14.2. The van der Waals surface area contributed by atoms with Gasteiger partial charge in [0.1, 0.15) is 18.2 Å². The van der Waals surface area contributed by atoms with Crippen molar-refractivity contribution in [3.63, 3.8) is 0 Å². The van der Waals surface area contributed by atoms with Crippen LogP contribution in [0.4, 0.5) is 10.1 Å². The number of nitrogens with zero attached hydrogens (tertiary/aromatic N) is 2. The number of aliphatic hydroxyl groups is 1. The van der Waals surface area contributed by atoms with Crippen LogP contribution in [-0.4, -0.2) is 26.6 Å².